The minimum atomic E-state index is -0.346. The summed E-state index contributed by atoms with van der Waals surface area (Å²) in [6.45, 7) is 4.45. The normalized spacial score (nSPS) is 14.0. The third-order valence-electron chi connectivity index (χ3n) is 4.80. The van der Waals surface area contributed by atoms with Crippen LogP contribution in [0.3, 0.4) is 0 Å². The van der Waals surface area contributed by atoms with Gasteiger partial charge in [-0.25, -0.2) is 9.37 Å². The van der Waals surface area contributed by atoms with E-state index in [0.717, 1.165) is 11.4 Å². The lowest BCUT2D eigenvalue weighted by Crippen LogP contribution is -2.49. The Kier molecular flexibility index (Phi) is 5.33. The van der Waals surface area contributed by atoms with Gasteiger partial charge in [-0.15, -0.1) is 10.2 Å². The lowest BCUT2D eigenvalue weighted by atomic mass is 10.2. The van der Waals surface area contributed by atoms with E-state index in [-0.39, 0.29) is 11.7 Å². The van der Waals surface area contributed by atoms with E-state index in [2.05, 4.69) is 25.4 Å². The van der Waals surface area contributed by atoms with Crippen molar-refractivity contribution >= 4 is 23.4 Å². The standard InChI is InChI=1S/C21H21FN6O/c1-15-2-7-18(23-14-15)24-19-8-9-20(26-25-19)27-10-12-28(13-11-27)21(29)16-3-5-17(22)6-4-16/h2-9,14H,10-13H2,1H3,(H,23,24,25). The van der Waals surface area contributed by atoms with Gasteiger partial charge in [0.15, 0.2) is 11.6 Å². The number of pyridine rings is 1. The molecule has 0 radical (unpaired) electrons. The van der Waals surface area contributed by atoms with Crippen molar-refractivity contribution in [1.29, 1.82) is 0 Å². The number of amides is 1. The molecule has 2 aromatic heterocycles. The van der Waals surface area contributed by atoms with Crippen molar-refractivity contribution in [2.24, 2.45) is 0 Å². The Morgan fingerprint density at radius 1 is 0.931 bits per heavy atom. The van der Waals surface area contributed by atoms with E-state index in [1.54, 1.807) is 11.1 Å². The molecule has 1 aromatic carbocycles. The quantitative estimate of drug-likeness (QED) is 0.736. The summed E-state index contributed by atoms with van der Waals surface area (Å²) in [5.41, 5.74) is 1.59. The van der Waals surface area contributed by atoms with Gasteiger partial charge in [-0.3, -0.25) is 4.79 Å². The van der Waals surface area contributed by atoms with Crippen LogP contribution in [-0.2, 0) is 0 Å². The van der Waals surface area contributed by atoms with Gasteiger partial charge in [0.2, 0.25) is 0 Å². The molecule has 1 N–H and O–H groups in total. The highest BCUT2D eigenvalue weighted by Gasteiger charge is 2.23. The average Bonchev–Trinajstić information content (AvgIpc) is 2.76. The van der Waals surface area contributed by atoms with E-state index in [1.165, 1.54) is 24.3 Å². The summed E-state index contributed by atoms with van der Waals surface area (Å²) in [6.07, 6.45) is 1.79. The van der Waals surface area contributed by atoms with Crippen molar-refractivity contribution < 1.29 is 9.18 Å². The molecule has 1 aliphatic heterocycles. The monoisotopic (exact) mass is 392 g/mol. The summed E-state index contributed by atoms with van der Waals surface area (Å²) < 4.78 is 13.0. The number of benzene rings is 1. The second-order valence-electron chi connectivity index (χ2n) is 6.91. The highest BCUT2D eigenvalue weighted by atomic mass is 19.1. The Balaban J connectivity index is 1.34. The molecule has 0 atom stereocenters. The molecule has 0 bridgehead atoms. The molecular weight excluding hydrogens is 371 g/mol. The van der Waals surface area contributed by atoms with Gasteiger partial charge in [0.1, 0.15) is 11.6 Å². The third-order valence-corrected chi connectivity index (χ3v) is 4.80. The van der Waals surface area contributed by atoms with Crippen LogP contribution >= 0.6 is 0 Å². The zero-order valence-corrected chi connectivity index (χ0v) is 16.0. The fraction of sp³-hybridized carbons (Fsp3) is 0.238. The number of carbonyl (C=O) groups excluding carboxylic acids is 1. The third kappa shape index (κ3) is 4.48. The molecule has 0 unspecified atom stereocenters. The molecule has 0 aliphatic carbocycles. The second-order valence-corrected chi connectivity index (χ2v) is 6.91. The Morgan fingerprint density at radius 2 is 1.66 bits per heavy atom. The van der Waals surface area contributed by atoms with Crippen LogP contribution in [0.1, 0.15) is 15.9 Å². The number of aromatic nitrogens is 3. The first kappa shape index (κ1) is 18.8. The Hall–Kier alpha value is -3.55. The minimum absolute atomic E-state index is 0.0825. The molecule has 0 spiro atoms. The average molecular weight is 392 g/mol. The number of anilines is 3. The number of hydrogen-bond donors (Lipinski definition) is 1. The SMILES string of the molecule is Cc1ccc(Nc2ccc(N3CCN(C(=O)c4ccc(F)cc4)CC3)nn2)nc1. The number of rotatable bonds is 4. The van der Waals surface area contributed by atoms with Gasteiger partial charge >= 0.3 is 0 Å². The molecular formula is C21H21FN6O. The van der Waals surface area contributed by atoms with E-state index < -0.39 is 0 Å². The van der Waals surface area contributed by atoms with Crippen LogP contribution in [0, 0.1) is 12.7 Å². The van der Waals surface area contributed by atoms with Crippen LogP contribution in [0.4, 0.5) is 21.8 Å². The number of piperazine rings is 1. The van der Waals surface area contributed by atoms with Crippen molar-refractivity contribution in [2.45, 2.75) is 6.92 Å². The summed E-state index contributed by atoms with van der Waals surface area (Å²) in [5, 5.41) is 11.6. The maximum Gasteiger partial charge on any atom is 0.253 e. The Labute approximate surface area is 168 Å². The molecule has 4 rings (SSSR count). The van der Waals surface area contributed by atoms with Gasteiger partial charge in [-0.1, -0.05) is 6.07 Å². The van der Waals surface area contributed by atoms with E-state index in [0.29, 0.717) is 43.4 Å². The maximum absolute atomic E-state index is 13.0. The van der Waals surface area contributed by atoms with Crippen LogP contribution in [0.5, 0.6) is 0 Å². The number of halogens is 1. The van der Waals surface area contributed by atoms with Crippen molar-refractivity contribution in [2.75, 3.05) is 36.4 Å². The van der Waals surface area contributed by atoms with Crippen LogP contribution in [0.2, 0.25) is 0 Å². The largest absolute Gasteiger partial charge is 0.352 e. The number of carbonyl (C=O) groups is 1. The van der Waals surface area contributed by atoms with Crippen LogP contribution in [-0.4, -0.2) is 52.2 Å². The molecule has 0 saturated carbocycles. The van der Waals surface area contributed by atoms with Gasteiger partial charge in [0, 0.05) is 37.9 Å². The fourth-order valence-corrected chi connectivity index (χ4v) is 3.15. The topological polar surface area (TPSA) is 74.2 Å². The van der Waals surface area contributed by atoms with E-state index in [9.17, 15) is 9.18 Å². The number of nitrogens with one attached hydrogen (secondary N) is 1. The number of hydrogen-bond acceptors (Lipinski definition) is 6. The molecule has 1 saturated heterocycles. The fourth-order valence-electron chi connectivity index (χ4n) is 3.15. The van der Waals surface area contributed by atoms with Gasteiger partial charge < -0.3 is 15.1 Å². The Bertz CT molecular complexity index is 968. The van der Waals surface area contributed by atoms with Crippen LogP contribution in [0.15, 0.2) is 54.7 Å². The van der Waals surface area contributed by atoms with E-state index in [4.69, 9.17) is 0 Å². The van der Waals surface area contributed by atoms with Crippen molar-refractivity contribution in [3.63, 3.8) is 0 Å². The zero-order valence-electron chi connectivity index (χ0n) is 16.0. The predicted molar refractivity (Wildman–Crippen MR) is 109 cm³/mol. The first-order chi connectivity index (χ1) is 14.1. The van der Waals surface area contributed by atoms with Crippen LogP contribution in [0.25, 0.3) is 0 Å². The molecule has 1 amide bonds. The van der Waals surface area contributed by atoms with Gasteiger partial charge in [-0.2, -0.15) is 0 Å². The smallest absolute Gasteiger partial charge is 0.253 e. The molecule has 1 fully saturated rings. The van der Waals surface area contributed by atoms with Crippen molar-refractivity contribution in [1.82, 2.24) is 20.1 Å². The summed E-state index contributed by atoms with van der Waals surface area (Å²) >= 11 is 0. The molecule has 1 aliphatic rings. The lowest BCUT2D eigenvalue weighted by Gasteiger charge is -2.35. The van der Waals surface area contributed by atoms with E-state index >= 15 is 0 Å². The highest BCUT2D eigenvalue weighted by molar-refractivity contribution is 5.94. The zero-order chi connectivity index (χ0) is 20.2. The predicted octanol–water partition coefficient (Wildman–Crippen LogP) is 3.03. The minimum Gasteiger partial charge on any atom is -0.352 e. The first-order valence-corrected chi connectivity index (χ1v) is 9.42. The van der Waals surface area contributed by atoms with Gasteiger partial charge in [0.25, 0.3) is 5.91 Å². The molecule has 148 valence electrons. The first-order valence-electron chi connectivity index (χ1n) is 9.42. The summed E-state index contributed by atoms with van der Waals surface area (Å²) in [5.74, 6) is 1.67. The number of nitrogens with zero attached hydrogens (tertiary/aromatic N) is 5. The summed E-state index contributed by atoms with van der Waals surface area (Å²) in [6, 6.07) is 13.3. The van der Waals surface area contributed by atoms with Gasteiger partial charge in [-0.05, 0) is 55.0 Å². The molecule has 3 heterocycles. The van der Waals surface area contributed by atoms with Crippen molar-refractivity contribution in [3.8, 4) is 0 Å². The molecule has 8 heteroatoms. The molecule has 3 aromatic rings. The second kappa shape index (κ2) is 8.22. The molecule has 7 nitrogen and oxygen atoms in total. The van der Waals surface area contributed by atoms with Crippen molar-refractivity contribution in [3.05, 3.63) is 71.7 Å². The summed E-state index contributed by atoms with van der Waals surface area (Å²) in [4.78, 5) is 20.7. The molecule has 29 heavy (non-hydrogen) atoms. The van der Waals surface area contributed by atoms with Gasteiger partial charge in [0.05, 0.1) is 0 Å². The summed E-state index contributed by atoms with van der Waals surface area (Å²) in [7, 11) is 0. The number of aryl methyl sites for hydroxylation is 1. The van der Waals surface area contributed by atoms with E-state index in [1.807, 2.05) is 31.2 Å². The highest BCUT2D eigenvalue weighted by Crippen LogP contribution is 2.18. The van der Waals surface area contributed by atoms with Crippen LogP contribution < -0.4 is 10.2 Å². The Morgan fingerprint density at radius 3 is 2.28 bits per heavy atom. The maximum atomic E-state index is 13.0. The lowest BCUT2D eigenvalue weighted by molar-refractivity contribution is 0.0746.